The molecule has 92 valence electrons. The highest BCUT2D eigenvalue weighted by molar-refractivity contribution is 5.93. The summed E-state index contributed by atoms with van der Waals surface area (Å²) < 4.78 is 0. The van der Waals surface area contributed by atoms with Crippen LogP contribution >= 0.6 is 0 Å². The summed E-state index contributed by atoms with van der Waals surface area (Å²) in [6.45, 7) is 2.98. The summed E-state index contributed by atoms with van der Waals surface area (Å²) in [5.74, 6) is 1.19. The Labute approximate surface area is 100 Å². The summed E-state index contributed by atoms with van der Waals surface area (Å²) in [6, 6.07) is 2.92. The van der Waals surface area contributed by atoms with Crippen LogP contribution in [0.2, 0.25) is 0 Å². The quantitative estimate of drug-likeness (QED) is 0.833. The lowest BCUT2D eigenvalue weighted by molar-refractivity contribution is 0.0944. The fourth-order valence-corrected chi connectivity index (χ4v) is 2.40. The summed E-state index contributed by atoms with van der Waals surface area (Å²) in [6.07, 6.45) is 5.18. The van der Waals surface area contributed by atoms with Gasteiger partial charge in [0.25, 0.3) is 5.91 Å². The number of hydrogen-bond donors (Lipinski definition) is 2. The predicted octanol–water partition coefficient (Wildman–Crippen LogP) is 1.54. The average Bonchev–Trinajstić information content (AvgIpc) is 2.73. The number of amides is 1. The molecule has 2 rings (SSSR count). The van der Waals surface area contributed by atoms with Gasteiger partial charge in [0, 0.05) is 18.8 Å². The van der Waals surface area contributed by atoms with Gasteiger partial charge in [0.05, 0.1) is 5.56 Å². The van der Waals surface area contributed by atoms with E-state index in [4.69, 9.17) is 0 Å². The minimum Gasteiger partial charge on any atom is -0.352 e. The highest BCUT2D eigenvalue weighted by Crippen LogP contribution is 2.30. The number of carbonyl (C=O) groups excluding carboxylic acids is 1. The van der Waals surface area contributed by atoms with E-state index in [-0.39, 0.29) is 11.5 Å². The Balaban J connectivity index is 1.89. The third-order valence-corrected chi connectivity index (χ3v) is 3.61. The molecule has 4 nitrogen and oxygen atoms in total. The van der Waals surface area contributed by atoms with Crippen molar-refractivity contribution in [2.45, 2.75) is 26.2 Å². The van der Waals surface area contributed by atoms with E-state index in [9.17, 15) is 9.59 Å². The maximum atomic E-state index is 11.8. The van der Waals surface area contributed by atoms with Crippen LogP contribution < -0.4 is 10.9 Å². The van der Waals surface area contributed by atoms with E-state index in [1.807, 2.05) is 0 Å². The van der Waals surface area contributed by atoms with Crippen molar-refractivity contribution >= 4 is 5.91 Å². The Morgan fingerprint density at radius 1 is 1.47 bits per heavy atom. The lowest BCUT2D eigenvalue weighted by atomic mass is 9.98. The number of nitrogens with one attached hydrogen (secondary N) is 2. The normalized spacial score (nSPS) is 23.6. The highest BCUT2D eigenvalue weighted by atomic mass is 16.1. The smallest absolute Gasteiger partial charge is 0.252 e. The van der Waals surface area contributed by atoms with Gasteiger partial charge in [0.2, 0.25) is 5.56 Å². The van der Waals surface area contributed by atoms with Crippen LogP contribution in [0.4, 0.5) is 0 Å². The van der Waals surface area contributed by atoms with Crippen LogP contribution in [-0.4, -0.2) is 17.4 Å². The van der Waals surface area contributed by atoms with Gasteiger partial charge in [-0.15, -0.1) is 0 Å². The zero-order valence-electron chi connectivity index (χ0n) is 10.0. The molecule has 0 aliphatic heterocycles. The third-order valence-electron chi connectivity index (χ3n) is 3.61. The van der Waals surface area contributed by atoms with Crippen LogP contribution in [0, 0.1) is 11.8 Å². The van der Waals surface area contributed by atoms with E-state index in [1.165, 1.54) is 31.5 Å². The van der Waals surface area contributed by atoms with Gasteiger partial charge in [-0.05, 0) is 24.3 Å². The highest BCUT2D eigenvalue weighted by Gasteiger charge is 2.23. The van der Waals surface area contributed by atoms with Gasteiger partial charge in [0.15, 0.2) is 0 Å². The van der Waals surface area contributed by atoms with Crippen LogP contribution in [-0.2, 0) is 0 Å². The molecule has 1 aliphatic carbocycles. The Kier molecular flexibility index (Phi) is 3.61. The van der Waals surface area contributed by atoms with Crippen LogP contribution in [0.3, 0.4) is 0 Å². The molecule has 0 bridgehead atoms. The molecular formula is C13H18N2O2. The van der Waals surface area contributed by atoms with Gasteiger partial charge >= 0.3 is 0 Å². The van der Waals surface area contributed by atoms with E-state index >= 15 is 0 Å². The summed E-state index contributed by atoms with van der Waals surface area (Å²) >= 11 is 0. The fraction of sp³-hybridized carbons (Fsp3) is 0.538. The third kappa shape index (κ3) is 2.96. The number of pyridine rings is 1. The zero-order valence-corrected chi connectivity index (χ0v) is 10.0. The van der Waals surface area contributed by atoms with Gasteiger partial charge in [-0.25, -0.2) is 0 Å². The first kappa shape index (κ1) is 11.9. The molecule has 1 aromatic heterocycles. The molecule has 1 saturated carbocycles. The molecule has 1 fully saturated rings. The molecule has 0 aromatic carbocycles. The molecule has 0 spiro atoms. The Morgan fingerprint density at radius 3 is 2.88 bits per heavy atom. The van der Waals surface area contributed by atoms with Crippen molar-refractivity contribution in [2.75, 3.05) is 6.54 Å². The van der Waals surface area contributed by atoms with Crippen molar-refractivity contribution in [1.82, 2.24) is 10.3 Å². The number of aromatic amines is 1. The van der Waals surface area contributed by atoms with Gasteiger partial charge in [-0.1, -0.05) is 19.8 Å². The Bertz CT molecular complexity index is 432. The molecule has 1 amide bonds. The van der Waals surface area contributed by atoms with E-state index in [0.717, 1.165) is 6.54 Å². The molecule has 2 N–H and O–H groups in total. The first-order valence-corrected chi connectivity index (χ1v) is 6.14. The second-order valence-corrected chi connectivity index (χ2v) is 4.82. The topological polar surface area (TPSA) is 62.0 Å². The number of aromatic nitrogens is 1. The van der Waals surface area contributed by atoms with E-state index in [2.05, 4.69) is 17.2 Å². The first-order valence-electron chi connectivity index (χ1n) is 6.14. The van der Waals surface area contributed by atoms with Crippen LogP contribution in [0.25, 0.3) is 0 Å². The fourth-order valence-electron chi connectivity index (χ4n) is 2.40. The van der Waals surface area contributed by atoms with Gasteiger partial charge in [-0.2, -0.15) is 0 Å². The van der Waals surface area contributed by atoms with E-state index in [1.54, 1.807) is 6.07 Å². The van der Waals surface area contributed by atoms with Gasteiger partial charge < -0.3 is 10.3 Å². The molecule has 2 unspecified atom stereocenters. The molecule has 0 saturated heterocycles. The minimum absolute atomic E-state index is 0.111. The van der Waals surface area contributed by atoms with Crippen molar-refractivity contribution in [3.63, 3.8) is 0 Å². The monoisotopic (exact) mass is 234 g/mol. The average molecular weight is 234 g/mol. The standard InChI is InChI=1S/C13H18N2O2/c1-9-3-2-4-10(9)7-15-13(17)11-5-6-12(16)14-8-11/h5-6,8-10H,2-4,7H2,1H3,(H,14,16)(H,15,17). The maximum absolute atomic E-state index is 11.8. The van der Waals surface area contributed by atoms with Gasteiger partial charge in [0.1, 0.15) is 0 Å². The zero-order chi connectivity index (χ0) is 12.3. The molecule has 1 aliphatic rings. The van der Waals surface area contributed by atoms with Crippen molar-refractivity contribution < 1.29 is 4.79 Å². The SMILES string of the molecule is CC1CCCC1CNC(=O)c1ccc(=O)[nH]c1. The van der Waals surface area contributed by atoms with E-state index < -0.39 is 0 Å². The molecule has 1 aromatic rings. The summed E-state index contributed by atoms with van der Waals surface area (Å²) in [4.78, 5) is 25.2. The van der Waals surface area contributed by atoms with Gasteiger partial charge in [-0.3, -0.25) is 9.59 Å². The van der Waals surface area contributed by atoms with Crippen molar-refractivity contribution in [2.24, 2.45) is 11.8 Å². The molecule has 4 heteroatoms. The van der Waals surface area contributed by atoms with Crippen molar-refractivity contribution in [3.05, 3.63) is 34.2 Å². The molecule has 0 radical (unpaired) electrons. The summed E-state index contributed by atoms with van der Waals surface area (Å²) in [7, 11) is 0. The largest absolute Gasteiger partial charge is 0.352 e. The lowest BCUT2D eigenvalue weighted by Crippen LogP contribution is -2.30. The molecule has 17 heavy (non-hydrogen) atoms. The minimum atomic E-state index is -0.189. The van der Waals surface area contributed by atoms with Crippen LogP contribution in [0.1, 0.15) is 36.5 Å². The van der Waals surface area contributed by atoms with Crippen molar-refractivity contribution in [3.8, 4) is 0 Å². The lowest BCUT2D eigenvalue weighted by Gasteiger charge is -2.15. The molecular weight excluding hydrogens is 216 g/mol. The number of hydrogen-bond acceptors (Lipinski definition) is 2. The molecule has 2 atom stereocenters. The Morgan fingerprint density at radius 2 is 2.29 bits per heavy atom. The van der Waals surface area contributed by atoms with E-state index in [0.29, 0.717) is 17.4 Å². The second kappa shape index (κ2) is 5.17. The maximum Gasteiger partial charge on any atom is 0.252 e. The Hall–Kier alpha value is -1.58. The van der Waals surface area contributed by atoms with Crippen molar-refractivity contribution in [1.29, 1.82) is 0 Å². The summed E-state index contributed by atoms with van der Waals surface area (Å²) in [5.41, 5.74) is 0.321. The number of carbonyl (C=O) groups is 1. The first-order chi connectivity index (χ1) is 8.16. The number of H-pyrrole nitrogens is 1. The second-order valence-electron chi connectivity index (χ2n) is 4.82. The van der Waals surface area contributed by atoms with Crippen LogP contribution in [0.15, 0.2) is 23.1 Å². The summed E-state index contributed by atoms with van der Waals surface area (Å²) in [5, 5.41) is 2.93. The van der Waals surface area contributed by atoms with Crippen LogP contribution in [0.5, 0.6) is 0 Å². The molecule has 1 heterocycles. The predicted molar refractivity (Wildman–Crippen MR) is 65.9 cm³/mol. The number of rotatable bonds is 3.